The molecule has 0 unspecified atom stereocenters. The third-order valence-corrected chi connectivity index (χ3v) is 16.1. The highest BCUT2D eigenvalue weighted by atomic mass is 16.7. The van der Waals surface area contributed by atoms with Crippen LogP contribution in [-0.4, -0.2) is 343 Å². The first kappa shape index (κ1) is 77.1. The zero-order valence-corrected chi connectivity index (χ0v) is 50.6. The quantitative estimate of drug-likeness (QED) is 0.0271. The van der Waals surface area contributed by atoms with Gasteiger partial charge in [0.25, 0.3) is 0 Å². The molecule has 4 aliphatic heterocycles. The van der Waals surface area contributed by atoms with Crippen LogP contribution in [0.25, 0.3) is 0 Å². The van der Waals surface area contributed by atoms with Gasteiger partial charge in [-0.3, -0.25) is 19.4 Å². The molecule has 21 atom stereocenters. The number of benzene rings is 1. The summed E-state index contributed by atoms with van der Waals surface area (Å²) in [6, 6.07) is 7.78. The average molecular weight is 1300 g/mol. The van der Waals surface area contributed by atoms with Crippen LogP contribution in [0.2, 0.25) is 0 Å². The number of nitrogens with zero attached hydrogens (tertiary/aromatic N) is 2. The van der Waals surface area contributed by atoms with Crippen LogP contribution in [0.1, 0.15) is 69.8 Å². The van der Waals surface area contributed by atoms with Gasteiger partial charge in [-0.25, -0.2) is 4.79 Å². The lowest BCUT2D eigenvalue weighted by molar-refractivity contribution is -0.303. The molecule has 4 saturated heterocycles. The normalized spacial score (nSPS) is 32.6. The predicted octanol–water partition coefficient (Wildman–Crippen LogP) is -7.72. The second-order valence-corrected chi connectivity index (χ2v) is 22.7. The Balaban J connectivity index is 1.05. The van der Waals surface area contributed by atoms with Gasteiger partial charge in [0.05, 0.1) is 52.9 Å². The Morgan fingerprint density at radius 2 is 0.778 bits per heavy atom. The second kappa shape index (κ2) is 41.3. The molecular weight excluding hydrogens is 1200 g/mol. The number of hydrogen-bond acceptors (Lipinski definition) is 30. The van der Waals surface area contributed by atoms with Crippen molar-refractivity contribution in [2.45, 2.75) is 200 Å². The summed E-state index contributed by atoms with van der Waals surface area (Å²) in [5.74, 6) is -0.883. The summed E-state index contributed by atoms with van der Waals surface area (Å²) in [5, 5.41) is 170. The van der Waals surface area contributed by atoms with Crippen LogP contribution in [0.4, 0.5) is 4.79 Å². The Morgan fingerprint density at radius 3 is 1.13 bits per heavy atom. The molecule has 0 bridgehead atoms. The van der Waals surface area contributed by atoms with E-state index < -0.39 is 167 Å². The number of aliphatic hydroxyl groups is 16. The molecule has 0 spiro atoms. The summed E-state index contributed by atoms with van der Waals surface area (Å²) >= 11 is 0. The standard InChI is InChI=1S/C57H99N5O28/c63-28-35-40(68)44(72)48(76)53(87-35)82-24-20-61(21-25-83-54-49(77)45(73)41(69)36(29-64)88-54)18-10-3-1-8-16-58-39(67)15-14-34(60-57(81)86-32-33-12-6-5-7-13-33)52(80)59-17-9-2-4-11-19-62(22-26-84-55-50(78)46(74)42(70)37(30-65)89-55)23-27-85-56-51(79)47(75)43(71)38(31-66)90-56/h5-7,12-13,34-38,40-51,53-56,63-66,68-79H,1-4,8-11,14-32H2,(H,58,67)(H,59,80)(H,60,81)/t34-,35+,36+,37+,38+,40+,41+,42+,43+,44-,45-,46-,47-,48-,49-,50-,51-,53-,54-,55-,56-/m0/s1. The molecule has 1 aromatic carbocycles. The summed E-state index contributed by atoms with van der Waals surface area (Å²) in [5.41, 5.74) is 0.718. The molecule has 33 nitrogen and oxygen atoms in total. The van der Waals surface area contributed by atoms with E-state index in [0.29, 0.717) is 71.0 Å². The van der Waals surface area contributed by atoms with E-state index >= 15 is 0 Å². The maximum absolute atomic E-state index is 13.6. The van der Waals surface area contributed by atoms with E-state index in [2.05, 4.69) is 16.0 Å². The Morgan fingerprint density at radius 1 is 0.433 bits per heavy atom. The largest absolute Gasteiger partial charge is 0.445 e. The maximum Gasteiger partial charge on any atom is 0.408 e. The molecule has 4 fully saturated rings. The monoisotopic (exact) mass is 1300 g/mol. The van der Waals surface area contributed by atoms with Crippen LogP contribution >= 0.6 is 0 Å². The van der Waals surface area contributed by atoms with Crippen molar-refractivity contribution in [3.63, 3.8) is 0 Å². The third-order valence-electron chi connectivity index (χ3n) is 16.1. The summed E-state index contributed by atoms with van der Waals surface area (Å²) in [6.45, 7) is -0.319. The van der Waals surface area contributed by atoms with Crippen molar-refractivity contribution in [2.24, 2.45) is 0 Å². The highest BCUT2D eigenvalue weighted by Crippen LogP contribution is 2.26. The summed E-state index contributed by atoms with van der Waals surface area (Å²) in [6.07, 6.45) is -25.2. The van der Waals surface area contributed by atoms with Gasteiger partial charge in [-0.15, -0.1) is 0 Å². The van der Waals surface area contributed by atoms with Crippen molar-refractivity contribution >= 4 is 17.9 Å². The van der Waals surface area contributed by atoms with E-state index in [4.69, 9.17) is 42.6 Å². The molecule has 90 heavy (non-hydrogen) atoms. The first-order chi connectivity index (χ1) is 43.2. The smallest absolute Gasteiger partial charge is 0.408 e. The van der Waals surface area contributed by atoms with E-state index in [1.54, 1.807) is 24.3 Å². The molecule has 33 heteroatoms. The molecule has 3 amide bonds. The Bertz CT molecular complexity index is 2050. The van der Waals surface area contributed by atoms with Crippen LogP contribution in [0, 0.1) is 0 Å². The van der Waals surface area contributed by atoms with E-state index in [0.717, 1.165) is 5.56 Å². The molecule has 520 valence electrons. The van der Waals surface area contributed by atoms with Crippen molar-refractivity contribution in [2.75, 3.05) is 105 Å². The molecule has 4 aliphatic rings. The van der Waals surface area contributed by atoms with Gasteiger partial charge in [0.15, 0.2) is 25.2 Å². The summed E-state index contributed by atoms with van der Waals surface area (Å²) in [4.78, 5) is 43.5. The van der Waals surface area contributed by atoms with Crippen molar-refractivity contribution in [3.05, 3.63) is 35.9 Å². The SMILES string of the molecule is O=C(CC[C@H](NC(=O)OCc1ccccc1)C(=O)NCCCCCCN(CCO[C@H]1O[C@H](CO)[C@@H](O)[C@H](O)[C@@H]1O)CCO[C@H]1O[C@H](CO)[C@@H](O)[C@H](O)[C@@H]1O)NCCCCCCN(CCO[C@H]1O[C@H](CO)[C@@H](O)[C@H](O)[C@@H]1O)CCO[C@H]1O[C@H](CO)[C@@H](O)[C@H](O)[C@@H]1O. The molecule has 0 aliphatic carbocycles. The van der Waals surface area contributed by atoms with Gasteiger partial charge in [-0.1, -0.05) is 56.0 Å². The second-order valence-electron chi connectivity index (χ2n) is 22.7. The third kappa shape index (κ3) is 24.6. The van der Waals surface area contributed by atoms with Crippen LogP contribution in [-0.2, 0) is 58.8 Å². The van der Waals surface area contributed by atoms with Crippen LogP contribution < -0.4 is 16.0 Å². The van der Waals surface area contributed by atoms with Gasteiger partial charge in [0.2, 0.25) is 11.8 Å². The first-order valence-electron chi connectivity index (χ1n) is 30.9. The Kier molecular flexibility index (Phi) is 35.4. The fourth-order valence-electron chi connectivity index (χ4n) is 10.4. The van der Waals surface area contributed by atoms with Gasteiger partial charge in [0.1, 0.15) is 110 Å². The van der Waals surface area contributed by atoms with Crippen molar-refractivity contribution in [1.29, 1.82) is 0 Å². The van der Waals surface area contributed by atoms with Gasteiger partial charge in [-0.05, 0) is 50.8 Å². The molecule has 19 N–H and O–H groups in total. The van der Waals surface area contributed by atoms with Crippen molar-refractivity contribution in [1.82, 2.24) is 25.8 Å². The van der Waals surface area contributed by atoms with Crippen molar-refractivity contribution < 1.29 is 139 Å². The lowest BCUT2D eigenvalue weighted by atomic mass is 9.99. The summed E-state index contributed by atoms with van der Waals surface area (Å²) in [7, 11) is 0. The van der Waals surface area contributed by atoms with E-state index in [9.17, 15) is 96.1 Å². The number of alkyl carbamates (subject to hydrolysis) is 1. The maximum atomic E-state index is 13.6. The molecule has 0 saturated carbocycles. The predicted molar refractivity (Wildman–Crippen MR) is 307 cm³/mol. The number of aliphatic hydroxyl groups excluding tert-OH is 16. The lowest BCUT2D eigenvalue weighted by Crippen LogP contribution is -2.59. The van der Waals surface area contributed by atoms with Gasteiger partial charge < -0.3 is 140 Å². The Hall–Kier alpha value is -3.61. The van der Waals surface area contributed by atoms with Crippen molar-refractivity contribution in [3.8, 4) is 0 Å². The minimum atomic E-state index is -1.64. The van der Waals surface area contributed by atoms with E-state index in [1.807, 2.05) is 15.9 Å². The van der Waals surface area contributed by atoms with Crippen LogP contribution in [0.5, 0.6) is 0 Å². The molecule has 0 radical (unpaired) electrons. The van der Waals surface area contributed by atoms with E-state index in [1.165, 1.54) is 0 Å². The van der Waals surface area contributed by atoms with Crippen LogP contribution in [0.15, 0.2) is 30.3 Å². The van der Waals surface area contributed by atoms with Gasteiger partial charge >= 0.3 is 6.09 Å². The summed E-state index contributed by atoms with van der Waals surface area (Å²) < 4.78 is 50.0. The molecule has 5 rings (SSSR count). The first-order valence-corrected chi connectivity index (χ1v) is 30.9. The number of amides is 3. The number of unbranched alkanes of at least 4 members (excludes halogenated alkanes) is 6. The number of rotatable bonds is 41. The zero-order valence-electron chi connectivity index (χ0n) is 50.6. The van der Waals surface area contributed by atoms with Gasteiger partial charge in [-0.2, -0.15) is 0 Å². The lowest BCUT2D eigenvalue weighted by Gasteiger charge is -2.40. The van der Waals surface area contributed by atoms with Crippen LogP contribution in [0.3, 0.4) is 0 Å². The Labute approximate surface area is 521 Å². The molecular formula is C57H99N5O28. The minimum Gasteiger partial charge on any atom is -0.445 e. The fraction of sp³-hybridized carbons (Fsp3) is 0.842. The minimum absolute atomic E-state index is 0.0338. The topological polar surface area (TPSA) is 501 Å². The molecule has 1 aromatic rings. The highest BCUT2D eigenvalue weighted by molar-refractivity contribution is 5.86. The zero-order chi connectivity index (χ0) is 65.7. The van der Waals surface area contributed by atoms with Gasteiger partial charge in [0, 0.05) is 45.7 Å². The number of carbonyl (C=O) groups excluding carboxylic acids is 3. The average Bonchev–Trinajstić information content (AvgIpc) is 1.33. The fourth-order valence-corrected chi connectivity index (χ4v) is 10.4. The molecule has 4 heterocycles. The van der Waals surface area contributed by atoms with E-state index in [-0.39, 0.29) is 84.5 Å². The highest BCUT2D eigenvalue weighted by Gasteiger charge is 2.47. The number of hydrogen-bond donors (Lipinski definition) is 19. The number of ether oxygens (including phenoxy) is 9. The number of nitrogens with one attached hydrogen (secondary N) is 3. The number of carbonyl (C=O) groups is 3. The molecule has 0 aromatic heterocycles.